The normalized spacial score (nSPS) is 12.2. The van der Waals surface area contributed by atoms with E-state index in [-0.39, 0.29) is 0 Å². The molecular weight excluding hydrogens is 262 g/mol. The molecule has 0 amide bonds. The molecular formula is C15H16ClNO2. The van der Waals surface area contributed by atoms with Crippen molar-refractivity contribution in [3.63, 3.8) is 0 Å². The maximum absolute atomic E-state index is 9.69. The zero-order chi connectivity index (χ0) is 13.8. The quantitative estimate of drug-likeness (QED) is 0.913. The highest BCUT2D eigenvalue weighted by atomic mass is 35.5. The number of halogens is 1. The van der Waals surface area contributed by atoms with Crippen LogP contribution in [0.15, 0.2) is 36.5 Å². The van der Waals surface area contributed by atoms with Crippen molar-refractivity contribution < 1.29 is 9.84 Å². The summed E-state index contributed by atoms with van der Waals surface area (Å²) < 4.78 is 5.74. The van der Waals surface area contributed by atoms with Crippen LogP contribution in [0.4, 0.5) is 0 Å². The summed E-state index contributed by atoms with van der Waals surface area (Å²) >= 11 is 6.07. The van der Waals surface area contributed by atoms with Crippen molar-refractivity contribution in [3.8, 4) is 11.6 Å². The van der Waals surface area contributed by atoms with Crippen LogP contribution in [0, 0.1) is 0 Å². The molecule has 2 rings (SSSR count). The summed E-state index contributed by atoms with van der Waals surface area (Å²) in [5.41, 5.74) is 1.68. The van der Waals surface area contributed by atoms with Gasteiger partial charge in [0.1, 0.15) is 5.75 Å². The number of benzene rings is 1. The average molecular weight is 278 g/mol. The van der Waals surface area contributed by atoms with E-state index >= 15 is 0 Å². The van der Waals surface area contributed by atoms with Crippen LogP contribution in [0.3, 0.4) is 0 Å². The van der Waals surface area contributed by atoms with Crippen molar-refractivity contribution in [1.29, 1.82) is 0 Å². The van der Waals surface area contributed by atoms with Gasteiger partial charge in [-0.1, -0.05) is 18.5 Å². The number of nitrogens with zero attached hydrogens (tertiary/aromatic N) is 1. The lowest BCUT2D eigenvalue weighted by atomic mass is 10.1. The van der Waals surface area contributed by atoms with Crippen molar-refractivity contribution in [3.05, 3.63) is 52.7 Å². The van der Waals surface area contributed by atoms with Gasteiger partial charge in [-0.25, -0.2) is 4.98 Å². The maximum Gasteiger partial charge on any atom is 0.225 e. The van der Waals surface area contributed by atoms with Gasteiger partial charge >= 0.3 is 0 Å². The fourth-order valence-electron chi connectivity index (χ4n) is 1.80. The largest absolute Gasteiger partial charge is 0.439 e. The van der Waals surface area contributed by atoms with E-state index in [4.69, 9.17) is 16.3 Å². The lowest BCUT2D eigenvalue weighted by molar-refractivity contribution is 0.194. The summed E-state index contributed by atoms with van der Waals surface area (Å²) in [6.45, 7) is 3.72. The van der Waals surface area contributed by atoms with Crippen molar-refractivity contribution in [2.45, 2.75) is 26.4 Å². The first-order chi connectivity index (χ1) is 9.11. The van der Waals surface area contributed by atoms with Gasteiger partial charge < -0.3 is 9.84 Å². The Bertz CT molecular complexity index is 570. The van der Waals surface area contributed by atoms with Crippen LogP contribution >= 0.6 is 11.6 Å². The molecule has 0 radical (unpaired) electrons. The SMILES string of the molecule is CCc1cc(Oc2ncccc2C(C)O)ccc1Cl. The molecule has 100 valence electrons. The summed E-state index contributed by atoms with van der Waals surface area (Å²) in [5.74, 6) is 1.09. The molecule has 0 saturated heterocycles. The zero-order valence-electron chi connectivity index (χ0n) is 10.9. The molecule has 1 aromatic heterocycles. The van der Waals surface area contributed by atoms with E-state index in [1.54, 1.807) is 37.4 Å². The number of aliphatic hydroxyl groups is 1. The van der Waals surface area contributed by atoms with E-state index in [1.807, 2.05) is 13.0 Å². The lowest BCUT2D eigenvalue weighted by Gasteiger charge is -2.12. The highest BCUT2D eigenvalue weighted by Gasteiger charge is 2.11. The molecule has 0 fully saturated rings. The minimum atomic E-state index is -0.623. The highest BCUT2D eigenvalue weighted by molar-refractivity contribution is 6.31. The molecule has 19 heavy (non-hydrogen) atoms. The topological polar surface area (TPSA) is 42.4 Å². The lowest BCUT2D eigenvalue weighted by Crippen LogP contribution is -1.98. The molecule has 1 N–H and O–H groups in total. The molecule has 0 spiro atoms. The monoisotopic (exact) mass is 277 g/mol. The number of aromatic nitrogens is 1. The molecule has 1 unspecified atom stereocenters. The molecule has 0 saturated carbocycles. The van der Waals surface area contributed by atoms with Gasteiger partial charge in [0.25, 0.3) is 0 Å². The van der Waals surface area contributed by atoms with E-state index in [1.165, 1.54) is 0 Å². The number of ether oxygens (including phenoxy) is 1. The van der Waals surface area contributed by atoms with Crippen LogP contribution in [0.1, 0.15) is 31.1 Å². The first-order valence-corrected chi connectivity index (χ1v) is 6.59. The van der Waals surface area contributed by atoms with Gasteiger partial charge in [0, 0.05) is 16.8 Å². The summed E-state index contributed by atoms with van der Waals surface area (Å²) in [7, 11) is 0. The van der Waals surface area contributed by atoms with Crippen LogP contribution in [-0.2, 0) is 6.42 Å². The van der Waals surface area contributed by atoms with Gasteiger partial charge in [-0.2, -0.15) is 0 Å². The van der Waals surface area contributed by atoms with Gasteiger partial charge in [0.05, 0.1) is 6.10 Å². The first kappa shape index (κ1) is 13.8. The summed E-state index contributed by atoms with van der Waals surface area (Å²) in [6, 6.07) is 9.06. The Labute approximate surface area is 117 Å². The first-order valence-electron chi connectivity index (χ1n) is 6.21. The van der Waals surface area contributed by atoms with Gasteiger partial charge in [0.15, 0.2) is 0 Å². The molecule has 0 aliphatic heterocycles. The van der Waals surface area contributed by atoms with Gasteiger partial charge in [0.2, 0.25) is 5.88 Å². The Morgan fingerprint density at radius 3 is 2.84 bits per heavy atom. The predicted molar refractivity (Wildman–Crippen MR) is 75.8 cm³/mol. The molecule has 0 bridgehead atoms. The van der Waals surface area contributed by atoms with Crippen molar-refractivity contribution in [2.24, 2.45) is 0 Å². The third kappa shape index (κ3) is 3.25. The van der Waals surface area contributed by atoms with Crippen molar-refractivity contribution in [1.82, 2.24) is 4.98 Å². The number of aryl methyl sites for hydroxylation is 1. The Morgan fingerprint density at radius 1 is 1.37 bits per heavy atom. The van der Waals surface area contributed by atoms with Crippen LogP contribution < -0.4 is 4.74 Å². The average Bonchev–Trinajstić information content (AvgIpc) is 2.41. The smallest absolute Gasteiger partial charge is 0.225 e. The molecule has 1 heterocycles. The van der Waals surface area contributed by atoms with E-state index in [0.717, 1.165) is 17.0 Å². The number of hydrogen-bond donors (Lipinski definition) is 1. The molecule has 3 nitrogen and oxygen atoms in total. The number of pyridine rings is 1. The van der Waals surface area contributed by atoms with Crippen LogP contribution in [0.5, 0.6) is 11.6 Å². The molecule has 4 heteroatoms. The number of hydrogen-bond acceptors (Lipinski definition) is 3. The molecule has 1 aromatic carbocycles. The Hall–Kier alpha value is -1.58. The minimum Gasteiger partial charge on any atom is -0.439 e. The number of rotatable bonds is 4. The third-order valence-electron chi connectivity index (χ3n) is 2.86. The fourth-order valence-corrected chi connectivity index (χ4v) is 2.05. The molecule has 2 aromatic rings. The number of aliphatic hydroxyl groups excluding tert-OH is 1. The zero-order valence-corrected chi connectivity index (χ0v) is 11.7. The van der Waals surface area contributed by atoms with Gasteiger partial charge in [-0.15, -0.1) is 0 Å². The minimum absolute atomic E-state index is 0.418. The van der Waals surface area contributed by atoms with Crippen LogP contribution in [-0.4, -0.2) is 10.1 Å². The Balaban J connectivity index is 2.31. The third-order valence-corrected chi connectivity index (χ3v) is 3.23. The summed E-state index contributed by atoms with van der Waals surface area (Å²) in [5, 5.41) is 10.4. The predicted octanol–water partition coefficient (Wildman–Crippen LogP) is 4.14. The van der Waals surface area contributed by atoms with Gasteiger partial charge in [-0.05, 0) is 49.2 Å². The maximum atomic E-state index is 9.69. The Kier molecular flexibility index (Phi) is 4.40. The second-order valence-corrected chi connectivity index (χ2v) is 4.69. The molecule has 0 aliphatic rings. The summed E-state index contributed by atoms with van der Waals surface area (Å²) in [4.78, 5) is 4.16. The Morgan fingerprint density at radius 2 is 2.16 bits per heavy atom. The van der Waals surface area contributed by atoms with Crippen LogP contribution in [0.25, 0.3) is 0 Å². The second kappa shape index (κ2) is 6.04. The highest BCUT2D eigenvalue weighted by Crippen LogP contribution is 2.29. The van der Waals surface area contributed by atoms with Gasteiger partial charge in [-0.3, -0.25) is 0 Å². The van der Waals surface area contributed by atoms with Crippen molar-refractivity contribution >= 4 is 11.6 Å². The molecule has 0 aliphatic carbocycles. The fraction of sp³-hybridized carbons (Fsp3) is 0.267. The van der Waals surface area contributed by atoms with E-state index < -0.39 is 6.10 Å². The molecule has 1 atom stereocenters. The standard InChI is InChI=1S/C15H16ClNO2/c1-3-11-9-12(6-7-14(11)16)19-15-13(10(2)18)5-4-8-17-15/h4-10,18H,3H2,1-2H3. The van der Waals surface area contributed by atoms with E-state index in [9.17, 15) is 5.11 Å². The van der Waals surface area contributed by atoms with E-state index in [0.29, 0.717) is 17.2 Å². The van der Waals surface area contributed by atoms with E-state index in [2.05, 4.69) is 4.98 Å². The second-order valence-electron chi connectivity index (χ2n) is 4.28. The summed E-state index contributed by atoms with van der Waals surface area (Å²) in [6.07, 6.45) is 1.85. The van der Waals surface area contributed by atoms with Crippen LogP contribution in [0.2, 0.25) is 5.02 Å². The van der Waals surface area contributed by atoms with Crippen molar-refractivity contribution in [2.75, 3.05) is 0 Å².